The van der Waals surface area contributed by atoms with Gasteiger partial charge in [0.1, 0.15) is 12.5 Å². The average Bonchev–Trinajstić information content (AvgIpc) is 2.42. The molecule has 2 aromatic rings. The third-order valence-electron chi connectivity index (χ3n) is 2.80. The molecule has 5 heteroatoms. The van der Waals surface area contributed by atoms with Gasteiger partial charge in [0.2, 0.25) is 0 Å². The zero-order chi connectivity index (χ0) is 14.5. The van der Waals surface area contributed by atoms with Gasteiger partial charge in [0, 0.05) is 4.47 Å². The Morgan fingerprint density at radius 2 is 1.95 bits per heavy atom. The van der Waals surface area contributed by atoms with E-state index in [0.29, 0.717) is 10.0 Å². The van der Waals surface area contributed by atoms with Crippen LogP contribution in [0.5, 0.6) is 5.75 Å². The second kappa shape index (κ2) is 6.52. The first kappa shape index (κ1) is 14.5. The van der Waals surface area contributed by atoms with E-state index in [2.05, 4.69) is 15.9 Å². The van der Waals surface area contributed by atoms with E-state index in [4.69, 9.17) is 4.74 Å². The third kappa shape index (κ3) is 3.57. The van der Waals surface area contributed by atoms with Gasteiger partial charge >= 0.3 is 5.97 Å². The minimum absolute atomic E-state index is 0.0374. The van der Waals surface area contributed by atoms with Crippen LogP contribution in [0, 0.1) is 5.82 Å². The van der Waals surface area contributed by atoms with Crippen LogP contribution >= 0.6 is 15.9 Å². The molecule has 0 saturated carbocycles. The quantitative estimate of drug-likeness (QED) is 0.900. The fourth-order valence-electron chi connectivity index (χ4n) is 1.76. The Balaban J connectivity index is 2.12. The zero-order valence-electron chi connectivity index (χ0n) is 10.4. The van der Waals surface area contributed by atoms with Crippen molar-refractivity contribution in [2.45, 2.75) is 5.92 Å². The van der Waals surface area contributed by atoms with Gasteiger partial charge in [-0.15, -0.1) is 0 Å². The molecule has 1 atom stereocenters. The van der Waals surface area contributed by atoms with Gasteiger partial charge in [-0.05, 0) is 23.8 Å². The first-order chi connectivity index (χ1) is 9.58. The van der Waals surface area contributed by atoms with E-state index in [-0.39, 0.29) is 12.4 Å². The summed E-state index contributed by atoms with van der Waals surface area (Å²) in [6.45, 7) is -0.127. The van der Waals surface area contributed by atoms with Gasteiger partial charge in [-0.3, -0.25) is 4.79 Å². The lowest BCUT2D eigenvalue weighted by molar-refractivity contribution is -0.139. The standard InChI is InChI=1S/C15H12BrFO3/c16-11-6-7-14(13(17)8-11)20-9-12(15(18)19)10-4-2-1-3-5-10/h1-8,12H,9H2,(H,18,19). The summed E-state index contributed by atoms with van der Waals surface area (Å²) in [4.78, 5) is 11.3. The van der Waals surface area contributed by atoms with Crippen molar-refractivity contribution in [1.82, 2.24) is 0 Å². The van der Waals surface area contributed by atoms with Gasteiger partial charge in [0.05, 0.1) is 0 Å². The maximum absolute atomic E-state index is 13.6. The number of rotatable bonds is 5. The molecular formula is C15H12BrFO3. The third-order valence-corrected chi connectivity index (χ3v) is 3.29. The molecule has 0 amide bonds. The topological polar surface area (TPSA) is 46.5 Å². The minimum Gasteiger partial charge on any atom is -0.489 e. The molecule has 0 aliphatic heterocycles. The highest BCUT2D eigenvalue weighted by Gasteiger charge is 2.21. The van der Waals surface area contributed by atoms with Crippen LogP contribution in [0.2, 0.25) is 0 Å². The summed E-state index contributed by atoms with van der Waals surface area (Å²) in [5, 5.41) is 9.24. The molecule has 20 heavy (non-hydrogen) atoms. The highest BCUT2D eigenvalue weighted by Crippen LogP contribution is 2.24. The van der Waals surface area contributed by atoms with Crippen LogP contribution in [0.25, 0.3) is 0 Å². The van der Waals surface area contributed by atoms with Crippen LogP contribution in [0.3, 0.4) is 0 Å². The van der Waals surface area contributed by atoms with E-state index in [1.807, 2.05) is 0 Å². The van der Waals surface area contributed by atoms with Crippen LogP contribution in [-0.4, -0.2) is 17.7 Å². The lowest BCUT2D eigenvalue weighted by atomic mass is 10.0. The van der Waals surface area contributed by atoms with Crippen LogP contribution in [-0.2, 0) is 4.79 Å². The molecule has 0 saturated heterocycles. The molecule has 3 nitrogen and oxygen atoms in total. The first-order valence-electron chi connectivity index (χ1n) is 5.93. The van der Waals surface area contributed by atoms with Crippen molar-refractivity contribution in [3.63, 3.8) is 0 Å². The van der Waals surface area contributed by atoms with E-state index in [1.165, 1.54) is 12.1 Å². The summed E-state index contributed by atoms with van der Waals surface area (Å²) in [6, 6.07) is 13.1. The number of aliphatic carboxylic acids is 1. The van der Waals surface area contributed by atoms with Gasteiger partial charge in [-0.25, -0.2) is 4.39 Å². The molecule has 0 aliphatic carbocycles. The molecule has 1 N–H and O–H groups in total. The van der Waals surface area contributed by atoms with E-state index in [1.54, 1.807) is 36.4 Å². The Morgan fingerprint density at radius 1 is 1.25 bits per heavy atom. The predicted octanol–water partition coefficient (Wildman–Crippen LogP) is 3.84. The number of benzene rings is 2. The van der Waals surface area contributed by atoms with Crippen molar-refractivity contribution in [2.75, 3.05) is 6.61 Å². The van der Waals surface area contributed by atoms with Crippen molar-refractivity contribution >= 4 is 21.9 Å². The first-order valence-corrected chi connectivity index (χ1v) is 6.73. The lowest BCUT2D eigenvalue weighted by Gasteiger charge is -2.14. The molecule has 0 aliphatic rings. The molecule has 1 unspecified atom stereocenters. The van der Waals surface area contributed by atoms with Crippen molar-refractivity contribution in [2.24, 2.45) is 0 Å². The number of carboxylic acids is 1. The number of hydrogen-bond donors (Lipinski definition) is 1. The SMILES string of the molecule is O=C(O)C(COc1ccc(Br)cc1F)c1ccccc1. The molecule has 0 spiro atoms. The Bertz CT molecular complexity index is 601. The van der Waals surface area contributed by atoms with Gasteiger partial charge in [-0.1, -0.05) is 46.3 Å². The Labute approximate surface area is 124 Å². The van der Waals surface area contributed by atoms with Crippen LogP contribution < -0.4 is 4.74 Å². The number of carbonyl (C=O) groups is 1. The molecule has 2 aromatic carbocycles. The predicted molar refractivity (Wildman–Crippen MR) is 76.4 cm³/mol. The normalized spacial score (nSPS) is 11.9. The molecule has 104 valence electrons. The highest BCUT2D eigenvalue weighted by atomic mass is 79.9. The molecule has 0 aromatic heterocycles. The molecule has 0 bridgehead atoms. The van der Waals surface area contributed by atoms with E-state index in [9.17, 15) is 14.3 Å². The number of ether oxygens (including phenoxy) is 1. The Morgan fingerprint density at radius 3 is 2.55 bits per heavy atom. The van der Waals surface area contributed by atoms with Gasteiger partial charge in [0.15, 0.2) is 11.6 Å². The second-order valence-corrected chi connectivity index (χ2v) is 5.10. The molecule has 0 fully saturated rings. The van der Waals surface area contributed by atoms with Crippen LogP contribution in [0.4, 0.5) is 4.39 Å². The summed E-state index contributed by atoms with van der Waals surface area (Å²) in [5.41, 5.74) is 0.623. The van der Waals surface area contributed by atoms with Gasteiger partial charge < -0.3 is 9.84 Å². The highest BCUT2D eigenvalue weighted by molar-refractivity contribution is 9.10. The van der Waals surface area contributed by atoms with Crippen LogP contribution in [0.15, 0.2) is 53.0 Å². The van der Waals surface area contributed by atoms with Crippen molar-refractivity contribution in [3.8, 4) is 5.75 Å². The summed E-state index contributed by atoms with van der Waals surface area (Å²) in [5.74, 6) is -2.33. The van der Waals surface area contributed by atoms with E-state index in [0.717, 1.165) is 0 Å². The van der Waals surface area contributed by atoms with Crippen LogP contribution in [0.1, 0.15) is 11.5 Å². The monoisotopic (exact) mass is 338 g/mol. The number of halogens is 2. The fourth-order valence-corrected chi connectivity index (χ4v) is 2.09. The summed E-state index contributed by atoms with van der Waals surface area (Å²) >= 11 is 3.15. The van der Waals surface area contributed by atoms with Gasteiger partial charge in [-0.2, -0.15) is 0 Å². The number of carboxylic acid groups (broad SMARTS) is 1. The Kier molecular flexibility index (Phi) is 4.74. The summed E-state index contributed by atoms with van der Waals surface area (Å²) < 4.78 is 19.5. The maximum atomic E-state index is 13.6. The molecular weight excluding hydrogens is 327 g/mol. The summed E-state index contributed by atoms with van der Waals surface area (Å²) in [7, 11) is 0. The Hall–Kier alpha value is -1.88. The van der Waals surface area contributed by atoms with E-state index < -0.39 is 17.7 Å². The van der Waals surface area contributed by atoms with Gasteiger partial charge in [0.25, 0.3) is 0 Å². The lowest BCUT2D eigenvalue weighted by Crippen LogP contribution is -2.19. The second-order valence-electron chi connectivity index (χ2n) is 4.19. The maximum Gasteiger partial charge on any atom is 0.314 e. The summed E-state index contributed by atoms with van der Waals surface area (Å²) in [6.07, 6.45) is 0. The fraction of sp³-hybridized carbons (Fsp3) is 0.133. The van der Waals surface area contributed by atoms with Crippen molar-refractivity contribution < 1.29 is 19.0 Å². The zero-order valence-corrected chi connectivity index (χ0v) is 12.0. The number of hydrogen-bond acceptors (Lipinski definition) is 2. The largest absolute Gasteiger partial charge is 0.489 e. The molecule has 2 rings (SSSR count). The smallest absolute Gasteiger partial charge is 0.314 e. The average molecular weight is 339 g/mol. The minimum atomic E-state index is -1.01. The van der Waals surface area contributed by atoms with Crippen molar-refractivity contribution in [1.29, 1.82) is 0 Å². The van der Waals surface area contributed by atoms with Crippen molar-refractivity contribution in [3.05, 3.63) is 64.4 Å². The van der Waals surface area contributed by atoms with E-state index >= 15 is 0 Å². The molecule has 0 heterocycles. The molecule has 0 radical (unpaired) electrons.